The van der Waals surface area contributed by atoms with Gasteiger partial charge in [-0.3, -0.25) is 4.98 Å². The quantitative estimate of drug-likeness (QED) is 0.826. The van der Waals surface area contributed by atoms with E-state index in [0.29, 0.717) is 0 Å². The van der Waals surface area contributed by atoms with Crippen LogP contribution >= 0.6 is 0 Å². The number of hydrogen-bond acceptors (Lipinski definition) is 3. The fourth-order valence-electron chi connectivity index (χ4n) is 3.35. The monoisotopic (exact) mass is 269 g/mol. The number of fused-ring (bicyclic) bond motifs is 1. The molecule has 0 aliphatic heterocycles. The molecule has 3 nitrogen and oxygen atoms in total. The molecule has 1 fully saturated rings. The maximum atomic E-state index is 5.99. The van der Waals surface area contributed by atoms with E-state index in [1.54, 1.807) is 0 Å². The second-order valence-corrected chi connectivity index (χ2v) is 6.12. The topological polar surface area (TPSA) is 50.9 Å². The maximum absolute atomic E-state index is 5.99. The lowest BCUT2D eigenvalue weighted by molar-refractivity contribution is 0.293. The first-order valence-electron chi connectivity index (χ1n) is 7.61. The molecule has 1 aromatic carbocycles. The summed E-state index contributed by atoms with van der Waals surface area (Å²) in [5.74, 6) is 1.67. The van der Waals surface area contributed by atoms with E-state index in [-0.39, 0.29) is 0 Å². The van der Waals surface area contributed by atoms with Crippen molar-refractivity contribution in [1.29, 1.82) is 0 Å². The number of aromatic nitrogens is 1. The number of rotatable bonds is 3. The fraction of sp³-hybridized carbons (Fsp3) is 0.471. The second-order valence-electron chi connectivity index (χ2n) is 6.12. The van der Waals surface area contributed by atoms with Gasteiger partial charge in [-0.1, -0.05) is 31.9 Å². The Bertz CT molecular complexity index is 594. The molecule has 0 saturated heterocycles. The first kappa shape index (κ1) is 13.2. The van der Waals surface area contributed by atoms with Crippen molar-refractivity contribution in [1.82, 2.24) is 4.98 Å². The van der Waals surface area contributed by atoms with Crippen molar-refractivity contribution < 1.29 is 0 Å². The molecular weight excluding hydrogens is 246 g/mol. The van der Waals surface area contributed by atoms with E-state index in [2.05, 4.69) is 23.3 Å². The lowest BCUT2D eigenvalue weighted by atomic mass is 9.82. The Morgan fingerprint density at radius 3 is 3.05 bits per heavy atom. The highest BCUT2D eigenvalue weighted by Gasteiger charge is 2.18. The summed E-state index contributed by atoms with van der Waals surface area (Å²) >= 11 is 0. The number of anilines is 2. The van der Waals surface area contributed by atoms with Gasteiger partial charge in [0.1, 0.15) is 0 Å². The molecule has 20 heavy (non-hydrogen) atoms. The summed E-state index contributed by atoms with van der Waals surface area (Å²) < 4.78 is 0. The number of nitrogens with zero attached hydrogens (tertiary/aromatic N) is 1. The molecule has 0 spiro atoms. The Hall–Kier alpha value is -1.77. The normalized spacial score (nSPS) is 22.9. The lowest BCUT2D eigenvalue weighted by Gasteiger charge is -2.27. The van der Waals surface area contributed by atoms with E-state index >= 15 is 0 Å². The Balaban J connectivity index is 1.76. The predicted octanol–water partition coefficient (Wildman–Crippen LogP) is 4.06. The van der Waals surface area contributed by atoms with Gasteiger partial charge in [0, 0.05) is 23.8 Å². The smallest absolute Gasteiger partial charge is 0.0951 e. The van der Waals surface area contributed by atoms with E-state index in [0.717, 1.165) is 40.7 Å². The molecule has 1 aromatic heterocycles. The lowest BCUT2D eigenvalue weighted by Crippen LogP contribution is -2.21. The summed E-state index contributed by atoms with van der Waals surface area (Å²) in [6.07, 6.45) is 7.30. The molecule has 0 radical (unpaired) electrons. The Labute approximate surface area is 120 Å². The van der Waals surface area contributed by atoms with E-state index in [9.17, 15) is 0 Å². The van der Waals surface area contributed by atoms with E-state index in [1.165, 1.54) is 25.7 Å². The van der Waals surface area contributed by atoms with Gasteiger partial charge >= 0.3 is 0 Å². The van der Waals surface area contributed by atoms with Crippen LogP contribution in [0.4, 0.5) is 11.4 Å². The van der Waals surface area contributed by atoms with Crippen LogP contribution in [0.15, 0.2) is 30.5 Å². The largest absolute Gasteiger partial charge is 0.397 e. The zero-order chi connectivity index (χ0) is 13.9. The Kier molecular flexibility index (Phi) is 3.77. The molecule has 2 unspecified atom stereocenters. The van der Waals surface area contributed by atoms with Gasteiger partial charge < -0.3 is 11.1 Å². The van der Waals surface area contributed by atoms with Gasteiger partial charge in [0.25, 0.3) is 0 Å². The van der Waals surface area contributed by atoms with E-state index in [4.69, 9.17) is 5.73 Å². The van der Waals surface area contributed by atoms with Crippen LogP contribution in [-0.4, -0.2) is 11.5 Å². The number of para-hydroxylation sites is 1. The zero-order valence-corrected chi connectivity index (χ0v) is 12.1. The minimum atomic E-state index is 0.748. The molecule has 1 aliphatic carbocycles. The highest BCUT2D eigenvalue weighted by atomic mass is 14.9. The molecule has 106 valence electrons. The molecule has 1 saturated carbocycles. The van der Waals surface area contributed by atoms with Crippen LogP contribution in [-0.2, 0) is 0 Å². The highest BCUT2D eigenvalue weighted by molar-refractivity contribution is 5.97. The molecule has 1 heterocycles. The number of nitrogen functional groups attached to an aromatic ring is 1. The molecule has 0 bridgehead atoms. The Morgan fingerprint density at radius 1 is 1.30 bits per heavy atom. The molecule has 3 N–H and O–H groups in total. The first-order chi connectivity index (χ1) is 9.74. The van der Waals surface area contributed by atoms with Gasteiger partial charge in [-0.2, -0.15) is 0 Å². The van der Waals surface area contributed by atoms with Gasteiger partial charge in [0.2, 0.25) is 0 Å². The van der Waals surface area contributed by atoms with Crippen molar-refractivity contribution in [3.05, 3.63) is 30.5 Å². The molecule has 1 aliphatic rings. The summed E-state index contributed by atoms with van der Waals surface area (Å²) in [6, 6.07) is 8.04. The zero-order valence-electron chi connectivity index (χ0n) is 12.1. The number of pyridine rings is 1. The highest BCUT2D eigenvalue weighted by Crippen LogP contribution is 2.30. The summed E-state index contributed by atoms with van der Waals surface area (Å²) in [6.45, 7) is 3.42. The molecular formula is C17H23N3. The second kappa shape index (κ2) is 5.70. The average molecular weight is 269 g/mol. The third-order valence-electron chi connectivity index (χ3n) is 4.43. The maximum Gasteiger partial charge on any atom is 0.0951 e. The number of nitrogens with one attached hydrogen (secondary N) is 1. The number of nitrogens with two attached hydrogens (primary N) is 1. The fourth-order valence-corrected chi connectivity index (χ4v) is 3.35. The third kappa shape index (κ3) is 2.72. The standard InChI is InChI=1S/C17H23N3/c1-12-4-2-5-13(10-12)11-20-16-8-9-19-17-14(16)6-3-7-15(17)18/h3,6-9,12-13H,2,4-5,10-11,18H2,1H3,(H,19,20). The number of hydrogen-bond donors (Lipinski definition) is 2. The summed E-state index contributed by atoms with van der Waals surface area (Å²) in [5, 5.41) is 4.73. The molecule has 2 aromatic rings. The first-order valence-corrected chi connectivity index (χ1v) is 7.61. The van der Waals surface area contributed by atoms with Crippen LogP contribution in [0, 0.1) is 11.8 Å². The van der Waals surface area contributed by atoms with Gasteiger partial charge in [-0.05, 0) is 36.8 Å². The van der Waals surface area contributed by atoms with Gasteiger partial charge in [0.05, 0.1) is 11.2 Å². The van der Waals surface area contributed by atoms with Crippen LogP contribution in [0.25, 0.3) is 10.9 Å². The minimum absolute atomic E-state index is 0.748. The molecule has 3 rings (SSSR count). The molecule has 3 heteroatoms. The van der Waals surface area contributed by atoms with Crippen molar-refractivity contribution >= 4 is 22.3 Å². The van der Waals surface area contributed by atoms with Crippen molar-refractivity contribution in [3.8, 4) is 0 Å². The van der Waals surface area contributed by atoms with Gasteiger partial charge in [-0.15, -0.1) is 0 Å². The van der Waals surface area contributed by atoms with E-state index < -0.39 is 0 Å². The van der Waals surface area contributed by atoms with Crippen LogP contribution in [0.3, 0.4) is 0 Å². The summed E-state index contributed by atoms with van der Waals surface area (Å²) in [4.78, 5) is 4.38. The minimum Gasteiger partial charge on any atom is -0.397 e. The molecule has 0 amide bonds. The third-order valence-corrected chi connectivity index (χ3v) is 4.43. The van der Waals surface area contributed by atoms with Crippen molar-refractivity contribution in [2.75, 3.05) is 17.6 Å². The average Bonchev–Trinajstić information content (AvgIpc) is 2.46. The van der Waals surface area contributed by atoms with Gasteiger partial charge in [0.15, 0.2) is 0 Å². The number of benzene rings is 1. The van der Waals surface area contributed by atoms with Crippen LogP contribution in [0.2, 0.25) is 0 Å². The van der Waals surface area contributed by atoms with Crippen molar-refractivity contribution in [2.24, 2.45) is 11.8 Å². The van der Waals surface area contributed by atoms with Crippen LogP contribution in [0.1, 0.15) is 32.6 Å². The van der Waals surface area contributed by atoms with E-state index in [1.807, 2.05) is 24.4 Å². The Morgan fingerprint density at radius 2 is 2.20 bits per heavy atom. The van der Waals surface area contributed by atoms with Crippen molar-refractivity contribution in [2.45, 2.75) is 32.6 Å². The SMILES string of the molecule is CC1CCCC(CNc2ccnc3c(N)cccc23)C1. The summed E-state index contributed by atoms with van der Waals surface area (Å²) in [7, 11) is 0. The van der Waals surface area contributed by atoms with Crippen LogP contribution < -0.4 is 11.1 Å². The van der Waals surface area contributed by atoms with Crippen molar-refractivity contribution in [3.63, 3.8) is 0 Å². The van der Waals surface area contributed by atoms with Crippen LogP contribution in [0.5, 0.6) is 0 Å². The predicted molar refractivity (Wildman–Crippen MR) is 85.8 cm³/mol. The van der Waals surface area contributed by atoms with Gasteiger partial charge in [-0.25, -0.2) is 0 Å². The summed E-state index contributed by atoms with van der Waals surface area (Å²) in [5.41, 5.74) is 8.79. The molecule has 2 atom stereocenters.